The van der Waals surface area contributed by atoms with E-state index in [4.69, 9.17) is 5.11 Å². The predicted molar refractivity (Wildman–Crippen MR) is 156 cm³/mol. The SMILES string of the molecule is CCCCCCCn1c(O)c(N=NC(=O)Nc2nccs2)c2cc(SCCc3ccc(C(=O)O)cc3)ccc21. The number of hydrogen-bond acceptors (Lipinski definition) is 7. The number of nitrogens with zero attached hydrogens (tertiary/aromatic N) is 4. The van der Waals surface area contributed by atoms with Crippen molar-refractivity contribution in [3.63, 3.8) is 0 Å². The first kappa shape index (κ1) is 28.3. The van der Waals surface area contributed by atoms with Gasteiger partial charge in [0.15, 0.2) is 10.8 Å². The number of nitrogens with one attached hydrogen (secondary N) is 1. The molecule has 4 aromatic rings. The Labute approximate surface area is 235 Å². The van der Waals surface area contributed by atoms with E-state index in [1.165, 1.54) is 24.2 Å². The number of rotatable bonds is 13. The van der Waals surface area contributed by atoms with E-state index in [1.807, 2.05) is 34.9 Å². The van der Waals surface area contributed by atoms with Gasteiger partial charge in [-0.05, 0) is 48.7 Å². The van der Waals surface area contributed by atoms with Crippen LogP contribution in [0.25, 0.3) is 10.9 Å². The molecule has 0 radical (unpaired) electrons. The number of thioether (sulfide) groups is 1. The highest BCUT2D eigenvalue weighted by atomic mass is 32.2. The summed E-state index contributed by atoms with van der Waals surface area (Å²) in [5.74, 6) is -0.157. The molecule has 2 aromatic heterocycles. The van der Waals surface area contributed by atoms with Gasteiger partial charge in [0, 0.05) is 34.2 Å². The smallest absolute Gasteiger partial charge is 0.365 e. The molecule has 0 bridgehead atoms. The number of carboxylic acids is 1. The number of fused-ring (bicyclic) bond motifs is 1. The third-order valence-electron chi connectivity index (χ3n) is 6.21. The van der Waals surface area contributed by atoms with E-state index in [0.717, 1.165) is 52.8 Å². The van der Waals surface area contributed by atoms with Gasteiger partial charge in [-0.2, -0.15) is 0 Å². The Morgan fingerprint density at radius 3 is 2.62 bits per heavy atom. The molecule has 204 valence electrons. The third kappa shape index (κ3) is 7.67. The standard InChI is InChI=1S/C28H31N5O4S2/c1-2-3-4-5-6-15-33-23-12-11-21(38-16-13-19-7-9-20(10-8-19)26(35)36)18-22(23)24(25(33)34)31-32-27(37)30-28-29-14-17-39-28/h7-12,14,17-18,34H,2-6,13,15-16H2,1H3,(H,35,36)(H,29,30,37). The van der Waals surface area contributed by atoms with Crippen molar-refractivity contribution in [2.75, 3.05) is 11.1 Å². The molecule has 0 aliphatic rings. The van der Waals surface area contributed by atoms with Crippen molar-refractivity contribution in [3.8, 4) is 5.88 Å². The van der Waals surface area contributed by atoms with Crippen LogP contribution in [0.3, 0.4) is 0 Å². The summed E-state index contributed by atoms with van der Waals surface area (Å²) in [6.45, 7) is 2.82. The van der Waals surface area contributed by atoms with Crippen LogP contribution in [0.1, 0.15) is 54.9 Å². The van der Waals surface area contributed by atoms with Crippen LogP contribution in [0.4, 0.5) is 15.6 Å². The second-order valence-electron chi connectivity index (χ2n) is 8.98. The minimum Gasteiger partial charge on any atom is -0.493 e. The molecule has 9 nitrogen and oxygen atoms in total. The summed E-state index contributed by atoms with van der Waals surface area (Å²) in [7, 11) is 0. The molecule has 0 saturated carbocycles. The fourth-order valence-electron chi connectivity index (χ4n) is 4.19. The van der Waals surface area contributed by atoms with Crippen LogP contribution in [0, 0.1) is 0 Å². The van der Waals surface area contributed by atoms with Crippen LogP contribution in [-0.2, 0) is 13.0 Å². The second kappa shape index (κ2) is 13.9. The Balaban J connectivity index is 1.51. The molecule has 2 aromatic carbocycles. The van der Waals surface area contributed by atoms with Crippen LogP contribution in [0.5, 0.6) is 5.88 Å². The number of hydrogen-bond donors (Lipinski definition) is 3. The lowest BCUT2D eigenvalue weighted by molar-refractivity contribution is 0.0697. The molecule has 4 rings (SSSR count). The summed E-state index contributed by atoms with van der Waals surface area (Å²) in [5.41, 5.74) is 2.43. The van der Waals surface area contributed by atoms with Crippen LogP contribution in [-0.4, -0.2) is 37.5 Å². The molecule has 3 N–H and O–H groups in total. The summed E-state index contributed by atoms with van der Waals surface area (Å²) >= 11 is 2.93. The zero-order chi connectivity index (χ0) is 27.6. The average molecular weight is 566 g/mol. The molecule has 11 heteroatoms. The molecule has 0 fully saturated rings. The van der Waals surface area contributed by atoms with E-state index in [0.29, 0.717) is 11.7 Å². The Hall–Kier alpha value is -3.70. The Morgan fingerprint density at radius 1 is 1.10 bits per heavy atom. The Morgan fingerprint density at radius 2 is 1.90 bits per heavy atom. The van der Waals surface area contributed by atoms with E-state index in [-0.39, 0.29) is 17.1 Å². The van der Waals surface area contributed by atoms with E-state index < -0.39 is 12.0 Å². The molecule has 0 aliphatic carbocycles. The van der Waals surface area contributed by atoms with Gasteiger partial charge in [0.2, 0.25) is 5.88 Å². The molecule has 0 saturated heterocycles. The van der Waals surface area contributed by atoms with Crippen molar-refractivity contribution in [1.82, 2.24) is 9.55 Å². The van der Waals surface area contributed by atoms with Crippen molar-refractivity contribution in [3.05, 3.63) is 65.2 Å². The summed E-state index contributed by atoms with van der Waals surface area (Å²) in [5, 5.41) is 33.6. The van der Waals surface area contributed by atoms with Gasteiger partial charge in [-0.25, -0.2) is 14.6 Å². The average Bonchev–Trinajstić information content (AvgIpc) is 3.53. The van der Waals surface area contributed by atoms with Crippen LogP contribution in [0.2, 0.25) is 0 Å². The number of aromatic carboxylic acids is 1. The quantitative estimate of drug-likeness (QED) is 0.0853. The number of urea groups is 1. The molecule has 39 heavy (non-hydrogen) atoms. The van der Waals surface area contributed by atoms with E-state index >= 15 is 0 Å². The Bertz CT molecular complexity index is 1430. The lowest BCUT2D eigenvalue weighted by atomic mass is 10.1. The van der Waals surface area contributed by atoms with Gasteiger partial charge in [0.05, 0.1) is 11.1 Å². The fraction of sp³-hybridized carbons (Fsp3) is 0.321. The lowest BCUT2D eigenvalue weighted by Gasteiger charge is -2.07. The van der Waals surface area contributed by atoms with E-state index in [1.54, 1.807) is 35.5 Å². The minimum atomic E-state index is -0.936. The molecule has 0 unspecified atom stereocenters. The van der Waals surface area contributed by atoms with Gasteiger partial charge in [0.25, 0.3) is 0 Å². The number of amides is 2. The summed E-state index contributed by atoms with van der Waals surface area (Å²) in [6.07, 6.45) is 7.87. The topological polar surface area (TPSA) is 129 Å². The zero-order valence-corrected chi connectivity index (χ0v) is 23.3. The van der Waals surface area contributed by atoms with E-state index in [2.05, 4.69) is 27.5 Å². The number of carbonyl (C=O) groups is 2. The number of aryl methyl sites for hydroxylation is 2. The van der Waals surface area contributed by atoms with Gasteiger partial charge in [-0.3, -0.25) is 5.32 Å². The maximum Gasteiger partial charge on any atom is 0.365 e. The maximum absolute atomic E-state index is 12.3. The molecule has 0 spiro atoms. The predicted octanol–water partition coefficient (Wildman–Crippen LogP) is 8.12. The molecule has 0 atom stereocenters. The summed E-state index contributed by atoms with van der Waals surface area (Å²) in [4.78, 5) is 28.4. The first-order valence-corrected chi connectivity index (χ1v) is 14.7. The van der Waals surface area contributed by atoms with Gasteiger partial charge < -0.3 is 14.8 Å². The van der Waals surface area contributed by atoms with Crippen LogP contribution in [0.15, 0.2) is 69.2 Å². The van der Waals surface area contributed by atoms with Crippen molar-refractivity contribution >= 4 is 56.8 Å². The first-order valence-electron chi connectivity index (χ1n) is 12.9. The third-order valence-corrected chi connectivity index (χ3v) is 7.90. The largest absolute Gasteiger partial charge is 0.493 e. The van der Waals surface area contributed by atoms with Crippen molar-refractivity contribution in [1.29, 1.82) is 0 Å². The van der Waals surface area contributed by atoms with Gasteiger partial charge in [-0.15, -0.1) is 28.2 Å². The molecule has 0 aliphatic heterocycles. The number of benzene rings is 2. The van der Waals surface area contributed by atoms with Crippen LogP contribution < -0.4 is 5.32 Å². The first-order chi connectivity index (χ1) is 19.0. The molecular weight excluding hydrogens is 534 g/mol. The summed E-state index contributed by atoms with van der Waals surface area (Å²) in [6, 6.07) is 12.2. The van der Waals surface area contributed by atoms with Gasteiger partial charge >= 0.3 is 12.0 Å². The number of aromatic nitrogens is 2. The second-order valence-corrected chi connectivity index (χ2v) is 11.0. The fourth-order valence-corrected chi connectivity index (χ4v) is 5.65. The molecule has 2 amide bonds. The zero-order valence-electron chi connectivity index (χ0n) is 21.7. The summed E-state index contributed by atoms with van der Waals surface area (Å²) < 4.78 is 1.84. The highest BCUT2D eigenvalue weighted by Crippen LogP contribution is 2.41. The van der Waals surface area contributed by atoms with Gasteiger partial charge in [-0.1, -0.05) is 49.9 Å². The number of carbonyl (C=O) groups excluding carboxylic acids is 1. The monoisotopic (exact) mass is 565 g/mol. The maximum atomic E-state index is 12.3. The van der Waals surface area contributed by atoms with Crippen molar-refractivity contribution in [2.45, 2.75) is 56.9 Å². The normalized spacial score (nSPS) is 11.4. The number of unbranched alkanes of at least 4 members (excludes halogenated alkanes) is 4. The highest BCUT2D eigenvalue weighted by molar-refractivity contribution is 7.99. The number of aromatic hydroxyl groups is 1. The lowest BCUT2D eigenvalue weighted by Crippen LogP contribution is -2.04. The van der Waals surface area contributed by atoms with E-state index in [9.17, 15) is 14.7 Å². The number of thiazole rings is 1. The van der Waals surface area contributed by atoms with Crippen molar-refractivity contribution in [2.24, 2.45) is 10.2 Å². The molecule has 2 heterocycles. The number of anilines is 1. The number of carboxylic acid groups (broad SMARTS) is 1. The van der Waals surface area contributed by atoms with Crippen molar-refractivity contribution < 1.29 is 19.8 Å². The van der Waals surface area contributed by atoms with Gasteiger partial charge in [0.1, 0.15) is 0 Å². The Kier molecular flexibility index (Phi) is 10.1. The number of azo groups is 1. The highest BCUT2D eigenvalue weighted by Gasteiger charge is 2.18. The molecular formula is C28H31N5O4S2. The van der Waals surface area contributed by atoms with Crippen LogP contribution >= 0.6 is 23.1 Å². The minimum absolute atomic E-state index is 0.00744.